The van der Waals surface area contributed by atoms with Gasteiger partial charge in [0.1, 0.15) is 18.7 Å². The quantitative estimate of drug-likeness (QED) is 0.857. The van der Waals surface area contributed by atoms with Gasteiger partial charge in [0.25, 0.3) is 0 Å². The van der Waals surface area contributed by atoms with Gasteiger partial charge in [0, 0.05) is 19.0 Å². The van der Waals surface area contributed by atoms with Crippen LogP contribution < -0.4 is 0 Å². The molecule has 2 heterocycles. The summed E-state index contributed by atoms with van der Waals surface area (Å²) in [5.74, 6) is 0.337. The van der Waals surface area contributed by atoms with E-state index < -0.39 is 25.3 Å². The van der Waals surface area contributed by atoms with Crippen molar-refractivity contribution in [3.05, 3.63) is 30.2 Å². The molecule has 1 aliphatic heterocycles. The number of hydrogen-bond acceptors (Lipinski definition) is 4. The Balaban J connectivity index is 1.51. The Hall–Kier alpha value is -2.09. The van der Waals surface area contributed by atoms with Gasteiger partial charge in [-0.1, -0.05) is 12.1 Å². The van der Waals surface area contributed by atoms with Gasteiger partial charge in [-0.3, -0.25) is 4.79 Å². The number of ether oxygens (including phenoxy) is 1. The molecule has 1 fully saturated rings. The number of halogens is 3. The summed E-state index contributed by atoms with van der Waals surface area (Å²) < 4.78 is 46.2. The fraction of sp³-hybridized carbons (Fsp3) is 0.500. The Morgan fingerprint density at radius 1 is 1.29 bits per heavy atom. The fourth-order valence-corrected chi connectivity index (χ4v) is 2.79. The molecule has 0 aliphatic carbocycles. The smallest absolute Gasteiger partial charge is 0.411 e. The molecular weight excluding hydrogens is 325 g/mol. The summed E-state index contributed by atoms with van der Waals surface area (Å²) in [6.07, 6.45) is -3.09. The van der Waals surface area contributed by atoms with Gasteiger partial charge < -0.3 is 14.1 Å². The monoisotopic (exact) mass is 342 g/mol. The van der Waals surface area contributed by atoms with E-state index in [-0.39, 0.29) is 5.92 Å². The van der Waals surface area contributed by atoms with Crippen molar-refractivity contribution in [1.82, 2.24) is 9.88 Å². The van der Waals surface area contributed by atoms with Gasteiger partial charge in [-0.2, -0.15) is 13.2 Å². The van der Waals surface area contributed by atoms with Crippen molar-refractivity contribution < 1.29 is 27.1 Å². The molecule has 1 aromatic carbocycles. The van der Waals surface area contributed by atoms with Crippen LogP contribution in [-0.4, -0.2) is 48.3 Å². The lowest BCUT2D eigenvalue weighted by molar-refractivity contribution is -0.178. The summed E-state index contributed by atoms with van der Waals surface area (Å²) in [5, 5.41) is 0. The Bertz CT molecular complexity index is 673. The average molecular weight is 342 g/mol. The molecule has 0 bridgehead atoms. The van der Waals surface area contributed by atoms with Gasteiger partial charge in [0.2, 0.25) is 5.91 Å². The predicted molar refractivity (Wildman–Crippen MR) is 79.4 cm³/mol. The Morgan fingerprint density at radius 3 is 2.67 bits per heavy atom. The van der Waals surface area contributed by atoms with Crippen LogP contribution in [0.15, 0.2) is 28.7 Å². The van der Waals surface area contributed by atoms with Crippen molar-refractivity contribution >= 4 is 17.0 Å². The van der Waals surface area contributed by atoms with Gasteiger partial charge in [-0.05, 0) is 25.0 Å². The number of carbonyl (C=O) groups is 1. The van der Waals surface area contributed by atoms with Crippen LogP contribution in [0.1, 0.15) is 24.7 Å². The molecule has 0 radical (unpaired) electrons. The molecule has 0 unspecified atom stereocenters. The number of amides is 1. The van der Waals surface area contributed by atoms with Gasteiger partial charge in [0.05, 0.1) is 0 Å². The molecule has 1 saturated heterocycles. The number of para-hydroxylation sites is 2. The van der Waals surface area contributed by atoms with Gasteiger partial charge in [0.15, 0.2) is 11.5 Å². The Labute approximate surface area is 136 Å². The van der Waals surface area contributed by atoms with Crippen molar-refractivity contribution in [3.63, 3.8) is 0 Å². The first-order valence-electron chi connectivity index (χ1n) is 7.70. The second kappa shape index (κ2) is 6.80. The van der Waals surface area contributed by atoms with Crippen LogP contribution in [0.2, 0.25) is 0 Å². The SMILES string of the molecule is O=C(COCC(F)(F)F)N1CCC(c2nc3ccccc3o2)CC1. The van der Waals surface area contributed by atoms with Gasteiger partial charge in [-0.25, -0.2) is 4.98 Å². The second-order valence-electron chi connectivity index (χ2n) is 5.78. The highest BCUT2D eigenvalue weighted by atomic mass is 19.4. The van der Waals surface area contributed by atoms with Crippen LogP contribution in [0.3, 0.4) is 0 Å². The van der Waals surface area contributed by atoms with Crippen LogP contribution >= 0.6 is 0 Å². The van der Waals surface area contributed by atoms with Crippen molar-refractivity contribution in [3.8, 4) is 0 Å². The second-order valence-corrected chi connectivity index (χ2v) is 5.78. The number of piperidine rings is 1. The van der Waals surface area contributed by atoms with E-state index >= 15 is 0 Å². The number of carbonyl (C=O) groups excluding carboxylic acids is 1. The first-order chi connectivity index (χ1) is 11.4. The molecule has 5 nitrogen and oxygen atoms in total. The normalized spacial score (nSPS) is 16.7. The minimum absolute atomic E-state index is 0.109. The molecule has 3 rings (SSSR count). The number of likely N-dealkylation sites (tertiary alicyclic amines) is 1. The molecule has 1 aromatic heterocycles. The largest absolute Gasteiger partial charge is 0.440 e. The van der Waals surface area contributed by atoms with Crippen molar-refractivity contribution in [2.24, 2.45) is 0 Å². The molecule has 130 valence electrons. The summed E-state index contributed by atoms with van der Waals surface area (Å²) in [7, 11) is 0. The molecule has 8 heteroatoms. The van der Waals surface area contributed by atoms with E-state index in [2.05, 4.69) is 9.72 Å². The molecule has 0 N–H and O–H groups in total. The minimum atomic E-state index is -4.42. The predicted octanol–water partition coefficient (Wildman–Crippen LogP) is 3.11. The molecule has 1 amide bonds. The Morgan fingerprint density at radius 2 is 2.00 bits per heavy atom. The third-order valence-corrected chi connectivity index (χ3v) is 4.00. The van der Waals surface area contributed by atoms with Crippen molar-refractivity contribution in [1.29, 1.82) is 0 Å². The highest BCUT2D eigenvalue weighted by Gasteiger charge is 2.30. The van der Waals surface area contributed by atoms with Crippen LogP contribution in [0.25, 0.3) is 11.1 Å². The highest BCUT2D eigenvalue weighted by molar-refractivity contribution is 5.77. The number of aromatic nitrogens is 1. The molecular formula is C16H17F3N2O3. The number of oxazole rings is 1. The van der Waals surface area contributed by atoms with E-state index in [1.54, 1.807) is 0 Å². The molecule has 0 spiro atoms. The molecule has 0 saturated carbocycles. The molecule has 2 aromatic rings. The van der Waals surface area contributed by atoms with E-state index in [1.165, 1.54) is 4.90 Å². The lowest BCUT2D eigenvalue weighted by atomic mass is 9.97. The number of alkyl halides is 3. The standard InChI is InChI=1S/C16H17F3N2O3/c17-16(18,19)10-23-9-14(22)21-7-5-11(6-8-21)15-20-12-3-1-2-4-13(12)24-15/h1-4,11H,5-10H2. The summed E-state index contributed by atoms with van der Waals surface area (Å²) >= 11 is 0. The van der Waals surface area contributed by atoms with Crippen LogP contribution in [-0.2, 0) is 9.53 Å². The first kappa shape index (κ1) is 16.8. The maximum Gasteiger partial charge on any atom is 0.411 e. The topological polar surface area (TPSA) is 55.6 Å². The number of nitrogens with zero attached hydrogens (tertiary/aromatic N) is 2. The number of benzene rings is 1. The van der Waals surface area contributed by atoms with E-state index in [9.17, 15) is 18.0 Å². The van der Waals surface area contributed by atoms with E-state index in [0.29, 0.717) is 31.8 Å². The van der Waals surface area contributed by atoms with E-state index in [4.69, 9.17) is 4.42 Å². The number of fused-ring (bicyclic) bond motifs is 1. The summed E-state index contributed by atoms with van der Waals surface area (Å²) in [6, 6.07) is 7.48. The van der Waals surface area contributed by atoms with Crippen molar-refractivity contribution in [2.45, 2.75) is 24.9 Å². The van der Waals surface area contributed by atoms with Gasteiger partial charge in [-0.15, -0.1) is 0 Å². The zero-order valence-electron chi connectivity index (χ0n) is 12.9. The highest BCUT2D eigenvalue weighted by Crippen LogP contribution is 2.29. The molecule has 24 heavy (non-hydrogen) atoms. The summed E-state index contributed by atoms with van der Waals surface area (Å²) in [6.45, 7) is -1.04. The lowest BCUT2D eigenvalue weighted by Gasteiger charge is -2.30. The Kier molecular flexibility index (Phi) is 4.75. The first-order valence-corrected chi connectivity index (χ1v) is 7.70. The van der Waals surface area contributed by atoms with Crippen molar-refractivity contribution in [2.75, 3.05) is 26.3 Å². The van der Waals surface area contributed by atoms with Crippen LogP contribution in [0.4, 0.5) is 13.2 Å². The van der Waals surface area contributed by atoms with Crippen LogP contribution in [0, 0.1) is 0 Å². The van der Waals surface area contributed by atoms with E-state index in [0.717, 1.165) is 11.1 Å². The molecule has 0 atom stereocenters. The zero-order valence-corrected chi connectivity index (χ0v) is 12.9. The maximum atomic E-state index is 12.0. The number of hydrogen-bond donors (Lipinski definition) is 0. The minimum Gasteiger partial charge on any atom is -0.440 e. The zero-order chi connectivity index (χ0) is 17.2. The van der Waals surface area contributed by atoms with Crippen LogP contribution in [0.5, 0.6) is 0 Å². The lowest BCUT2D eigenvalue weighted by Crippen LogP contribution is -2.40. The summed E-state index contributed by atoms with van der Waals surface area (Å²) in [4.78, 5) is 17.8. The van der Waals surface area contributed by atoms with Gasteiger partial charge >= 0.3 is 6.18 Å². The van der Waals surface area contributed by atoms with E-state index in [1.807, 2.05) is 24.3 Å². The maximum absolute atomic E-state index is 12.0. The molecule has 1 aliphatic rings. The number of rotatable bonds is 4. The third-order valence-electron chi connectivity index (χ3n) is 4.00. The summed E-state index contributed by atoms with van der Waals surface area (Å²) in [5.41, 5.74) is 1.53. The third kappa shape index (κ3) is 4.05. The fourth-order valence-electron chi connectivity index (χ4n) is 2.79. The average Bonchev–Trinajstić information content (AvgIpc) is 2.98.